The number of alkyl halides is 3. The van der Waals surface area contributed by atoms with Crippen molar-refractivity contribution >= 4 is 25.1 Å². The van der Waals surface area contributed by atoms with Crippen molar-refractivity contribution in [1.29, 1.82) is 0 Å². The van der Waals surface area contributed by atoms with E-state index in [1.165, 1.54) is 17.0 Å². The van der Waals surface area contributed by atoms with Crippen molar-refractivity contribution in [3.8, 4) is 11.1 Å². The Balaban J connectivity index is 0.00000272. The summed E-state index contributed by atoms with van der Waals surface area (Å²) in [5, 5.41) is 4.41. The van der Waals surface area contributed by atoms with E-state index in [4.69, 9.17) is 0 Å². The minimum Gasteiger partial charge on any atom is -0.305 e. The van der Waals surface area contributed by atoms with Crippen LogP contribution in [-0.2, 0) is 6.18 Å². The van der Waals surface area contributed by atoms with Crippen LogP contribution in [0.1, 0.15) is 54.5 Å². The minimum atomic E-state index is -4.42. The molecule has 0 N–H and O–H groups in total. The van der Waals surface area contributed by atoms with Crippen LogP contribution in [0.5, 0.6) is 0 Å². The summed E-state index contributed by atoms with van der Waals surface area (Å²) in [6, 6.07) is 8.32. The zero-order valence-electron chi connectivity index (χ0n) is 17.3. The van der Waals surface area contributed by atoms with Gasteiger partial charge in [-0.1, -0.05) is 13.8 Å². The number of nitrogens with zero attached hydrogens (tertiary/aromatic N) is 4. The first kappa shape index (κ1) is 22.9. The Hall–Kier alpha value is -2.81. The molecule has 3 heterocycles. The van der Waals surface area contributed by atoms with E-state index >= 15 is 0 Å². The molecule has 2 aromatic heterocycles. The third kappa shape index (κ3) is 4.19. The number of carbonyl (C=O) groups excluding carboxylic acids is 1. The Labute approximate surface area is 185 Å². The molecule has 1 amide bonds. The molecule has 0 unspecified atom stereocenters. The first-order valence-corrected chi connectivity index (χ1v) is 9.69. The molecular formula is C22H23F3N4OS. The molecule has 1 aliphatic rings. The van der Waals surface area contributed by atoms with Crippen LogP contribution in [0.15, 0.2) is 48.8 Å². The van der Waals surface area contributed by atoms with Gasteiger partial charge < -0.3 is 4.90 Å². The fraction of sp³-hybridized carbons (Fsp3) is 0.318. The number of hydrogen-bond donors (Lipinski definition) is 0. The molecule has 1 atom stereocenters. The number of aromatic nitrogens is 3. The minimum absolute atomic E-state index is 0. The number of pyridine rings is 1. The van der Waals surface area contributed by atoms with Crippen LogP contribution in [0.2, 0.25) is 0 Å². The SMILES string of the molecule is CC(C)c1cc(-c2cnn3c2C(=O)N(c2ccc(C(F)(F)F)cc2)C[C@@H]3C)ccn1.S. The maximum Gasteiger partial charge on any atom is 0.416 e. The maximum absolute atomic E-state index is 13.3. The average Bonchev–Trinajstić information content (AvgIpc) is 3.16. The van der Waals surface area contributed by atoms with Gasteiger partial charge in [-0.3, -0.25) is 14.5 Å². The molecule has 0 bridgehead atoms. The van der Waals surface area contributed by atoms with Crippen molar-refractivity contribution in [2.75, 3.05) is 11.4 Å². The highest BCUT2D eigenvalue weighted by molar-refractivity contribution is 7.59. The topological polar surface area (TPSA) is 51.0 Å². The molecule has 1 aromatic carbocycles. The van der Waals surface area contributed by atoms with Crippen LogP contribution in [0.3, 0.4) is 0 Å². The molecule has 0 fully saturated rings. The standard InChI is InChI=1S/C22H21F3N4O.H2S/c1-13(2)19-10-15(8-9-26-19)18-11-27-29-14(3)12-28(21(30)20(18)29)17-6-4-16(5-7-17)22(23,24)25;/h4-11,13-14H,12H2,1-3H3;1H2/t14-;/m0./s1. The predicted octanol–water partition coefficient (Wildman–Crippen LogP) is 5.42. The number of anilines is 1. The number of hydrogen-bond acceptors (Lipinski definition) is 3. The van der Waals surface area contributed by atoms with E-state index < -0.39 is 11.7 Å². The van der Waals surface area contributed by atoms with Crippen molar-refractivity contribution < 1.29 is 18.0 Å². The van der Waals surface area contributed by atoms with Crippen molar-refractivity contribution in [3.05, 3.63) is 65.7 Å². The Bertz CT molecular complexity index is 1090. The van der Waals surface area contributed by atoms with Crippen molar-refractivity contribution in [3.63, 3.8) is 0 Å². The third-order valence-electron chi connectivity index (χ3n) is 5.30. The van der Waals surface area contributed by atoms with E-state index in [9.17, 15) is 18.0 Å². The molecule has 31 heavy (non-hydrogen) atoms. The lowest BCUT2D eigenvalue weighted by Crippen LogP contribution is -2.42. The fourth-order valence-corrected chi connectivity index (χ4v) is 3.66. The van der Waals surface area contributed by atoms with Gasteiger partial charge >= 0.3 is 6.18 Å². The number of benzene rings is 1. The first-order valence-electron chi connectivity index (χ1n) is 9.69. The number of carbonyl (C=O) groups is 1. The lowest BCUT2D eigenvalue weighted by Gasteiger charge is -2.32. The molecule has 164 valence electrons. The molecule has 9 heteroatoms. The summed E-state index contributed by atoms with van der Waals surface area (Å²) in [7, 11) is 0. The van der Waals surface area contributed by atoms with Crippen molar-refractivity contribution in [1.82, 2.24) is 14.8 Å². The molecule has 0 spiro atoms. The predicted molar refractivity (Wildman–Crippen MR) is 118 cm³/mol. The monoisotopic (exact) mass is 448 g/mol. The largest absolute Gasteiger partial charge is 0.416 e. The molecule has 3 aromatic rings. The summed E-state index contributed by atoms with van der Waals surface area (Å²) in [5.74, 6) is -0.0575. The van der Waals surface area contributed by atoms with Gasteiger partial charge in [0.1, 0.15) is 5.69 Å². The van der Waals surface area contributed by atoms with E-state index in [1.54, 1.807) is 17.1 Å². The third-order valence-corrected chi connectivity index (χ3v) is 5.30. The van der Waals surface area contributed by atoms with Crippen LogP contribution >= 0.6 is 13.5 Å². The molecule has 0 radical (unpaired) electrons. The van der Waals surface area contributed by atoms with E-state index in [1.807, 2.05) is 32.9 Å². The number of amides is 1. The molecule has 4 rings (SSSR count). The van der Waals surface area contributed by atoms with Crippen molar-refractivity contribution in [2.45, 2.75) is 38.9 Å². The highest BCUT2D eigenvalue weighted by Gasteiger charge is 2.35. The molecular weight excluding hydrogens is 425 g/mol. The fourth-order valence-electron chi connectivity index (χ4n) is 3.66. The summed E-state index contributed by atoms with van der Waals surface area (Å²) in [5.41, 5.74) is 2.54. The summed E-state index contributed by atoms with van der Waals surface area (Å²) in [4.78, 5) is 19.2. The Morgan fingerprint density at radius 3 is 2.42 bits per heavy atom. The smallest absolute Gasteiger partial charge is 0.305 e. The van der Waals surface area contributed by atoms with Gasteiger partial charge in [0.25, 0.3) is 5.91 Å². The highest BCUT2D eigenvalue weighted by Crippen LogP contribution is 2.35. The van der Waals surface area contributed by atoms with Gasteiger partial charge in [-0.25, -0.2) is 0 Å². The lowest BCUT2D eigenvalue weighted by molar-refractivity contribution is -0.137. The zero-order valence-corrected chi connectivity index (χ0v) is 18.3. The molecule has 0 saturated heterocycles. The van der Waals surface area contributed by atoms with Gasteiger partial charge in [-0.05, 0) is 54.8 Å². The van der Waals surface area contributed by atoms with Gasteiger partial charge in [0, 0.05) is 29.7 Å². The Morgan fingerprint density at radius 2 is 1.81 bits per heavy atom. The van der Waals surface area contributed by atoms with Gasteiger partial charge in [-0.2, -0.15) is 31.8 Å². The zero-order chi connectivity index (χ0) is 21.6. The van der Waals surface area contributed by atoms with Gasteiger partial charge in [-0.15, -0.1) is 0 Å². The summed E-state index contributed by atoms with van der Waals surface area (Å²) in [6.07, 6.45) is -1.04. The molecule has 0 aliphatic carbocycles. The molecule has 1 aliphatic heterocycles. The van der Waals surface area contributed by atoms with Crippen LogP contribution < -0.4 is 4.90 Å². The number of fused-ring (bicyclic) bond motifs is 1. The quantitative estimate of drug-likeness (QED) is 0.538. The van der Waals surface area contributed by atoms with Gasteiger partial charge in [0.05, 0.1) is 17.8 Å². The van der Waals surface area contributed by atoms with Gasteiger partial charge in [0.15, 0.2) is 0 Å². The van der Waals surface area contributed by atoms with Crippen LogP contribution in [-0.4, -0.2) is 27.2 Å². The van der Waals surface area contributed by atoms with Gasteiger partial charge in [0.2, 0.25) is 0 Å². The lowest BCUT2D eigenvalue weighted by atomic mass is 10.0. The second-order valence-corrected chi connectivity index (χ2v) is 7.78. The summed E-state index contributed by atoms with van der Waals surface area (Å²) >= 11 is 0. The summed E-state index contributed by atoms with van der Waals surface area (Å²) < 4.78 is 40.4. The van der Waals surface area contributed by atoms with Crippen LogP contribution in [0, 0.1) is 0 Å². The Morgan fingerprint density at radius 1 is 1.13 bits per heavy atom. The maximum atomic E-state index is 13.3. The van der Waals surface area contributed by atoms with E-state index in [-0.39, 0.29) is 31.4 Å². The second-order valence-electron chi connectivity index (χ2n) is 7.78. The number of rotatable bonds is 3. The van der Waals surface area contributed by atoms with Crippen LogP contribution in [0.4, 0.5) is 18.9 Å². The van der Waals surface area contributed by atoms with E-state index in [2.05, 4.69) is 10.1 Å². The number of halogens is 3. The normalized spacial score (nSPS) is 16.3. The van der Waals surface area contributed by atoms with Crippen molar-refractivity contribution in [2.24, 2.45) is 0 Å². The van der Waals surface area contributed by atoms with E-state index in [0.29, 0.717) is 23.5 Å². The highest BCUT2D eigenvalue weighted by atomic mass is 32.1. The van der Waals surface area contributed by atoms with Crippen LogP contribution in [0.25, 0.3) is 11.1 Å². The molecule has 5 nitrogen and oxygen atoms in total. The second kappa shape index (κ2) is 8.37. The average molecular weight is 449 g/mol. The summed E-state index contributed by atoms with van der Waals surface area (Å²) in [6.45, 7) is 6.33. The first-order chi connectivity index (χ1) is 14.2. The Kier molecular flexibility index (Phi) is 6.18. The van der Waals surface area contributed by atoms with E-state index in [0.717, 1.165) is 23.4 Å². The molecule has 0 saturated carbocycles.